The highest BCUT2D eigenvalue weighted by Crippen LogP contribution is 2.27. The molecular formula is C21H21ClN6O3. The lowest BCUT2D eigenvalue weighted by molar-refractivity contribution is -0.384. The fourth-order valence-electron chi connectivity index (χ4n) is 3.05. The summed E-state index contributed by atoms with van der Waals surface area (Å²) in [7, 11) is 2.10. The lowest BCUT2D eigenvalue weighted by Crippen LogP contribution is -2.44. The maximum absolute atomic E-state index is 12.4. The monoisotopic (exact) mass is 440 g/mol. The fourth-order valence-corrected chi connectivity index (χ4v) is 3.21. The minimum atomic E-state index is -0.730. The molecule has 1 amide bonds. The second-order valence-electron chi connectivity index (χ2n) is 7.03. The van der Waals surface area contributed by atoms with Gasteiger partial charge < -0.3 is 20.4 Å². The number of carbonyl (C=O) groups is 1. The number of nitrogens with one attached hydrogen (secondary N) is 2. The van der Waals surface area contributed by atoms with Gasteiger partial charge in [-0.3, -0.25) is 14.9 Å². The van der Waals surface area contributed by atoms with Crippen LogP contribution in [0.1, 0.15) is 0 Å². The molecule has 2 aromatic carbocycles. The van der Waals surface area contributed by atoms with E-state index < -0.39 is 10.8 Å². The van der Waals surface area contributed by atoms with E-state index in [1.54, 1.807) is 0 Å². The van der Waals surface area contributed by atoms with Gasteiger partial charge in [0, 0.05) is 55.9 Å². The Hall–Kier alpha value is -3.61. The smallest absolute Gasteiger partial charge is 0.271 e. The number of likely N-dealkylation sites (N-methyl/N-ethyl adjacent to an activating group) is 1. The van der Waals surface area contributed by atoms with Gasteiger partial charge >= 0.3 is 0 Å². The Morgan fingerprint density at radius 2 is 1.87 bits per heavy atom. The number of carbonyl (C=O) groups excluding carboxylic acids is 1. The molecule has 1 saturated heterocycles. The van der Waals surface area contributed by atoms with E-state index in [9.17, 15) is 20.2 Å². The maximum atomic E-state index is 12.4. The van der Waals surface area contributed by atoms with Crippen LogP contribution in [0, 0.1) is 21.4 Å². The van der Waals surface area contributed by atoms with Crippen molar-refractivity contribution in [3.8, 4) is 6.07 Å². The van der Waals surface area contributed by atoms with Gasteiger partial charge in [0.15, 0.2) is 0 Å². The molecule has 9 nitrogen and oxygen atoms in total. The average molecular weight is 441 g/mol. The summed E-state index contributed by atoms with van der Waals surface area (Å²) < 4.78 is 0. The molecular weight excluding hydrogens is 420 g/mol. The first kappa shape index (κ1) is 22.1. The van der Waals surface area contributed by atoms with Crippen molar-refractivity contribution >= 4 is 40.3 Å². The van der Waals surface area contributed by atoms with Crippen LogP contribution in [0.3, 0.4) is 0 Å². The molecule has 0 unspecified atom stereocenters. The van der Waals surface area contributed by atoms with Gasteiger partial charge in [0.1, 0.15) is 11.6 Å². The number of anilines is 3. The standard InChI is InChI=1S/C21H21ClN6O3/c1-26-8-10-27(11-9-26)17-4-2-16(3-5-17)24-14-15(13-23)21(29)25-20-12-18(28(30)31)6-7-19(20)22/h2-7,12,14,24H,8-11H2,1H3,(H,25,29)/b15-14-. The number of hydrogen-bond acceptors (Lipinski definition) is 7. The van der Waals surface area contributed by atoms with Gasteiger partial charge in [-0.1, -0.05) is 11.6 Å². The molecule has 0 bridgehead atoms. The predicted octanol–water partition coefficient (Wildman–Crippen LogP) is 3.46. The maximum Gasteiger partial charge on any atom is 0.271 e. The van der Waals surface area contributed by atoms with Crippen molar-refractivity contribution in [1.29, 1.82) is 5.26 Å². The van der Waals surface area contributed by atoms with Crippen LogP contribution >= 0.6 is 11.6 Å². The molecule has 0 saturated carbocycles. The van der Waals surface area contributed by atoms with E-state index in [1.165, 1.54) is 18.3 Å². The molecule has 1 fully saturated rings. The van der Waals surface area contributed by atoms with E-state index >= 15 is 0 Å². The third kappa shape index (κ3) is 5.72. The number of nitro benzene ring substituents is 1. The van der Waals surface area contributed by atoms with Crippen LogP contribution in [0.2, 0.25) is 5.02 Å². The Morgan fingerprint density at radius 3 is 2.48 bits per heavy atom. The topological polar surface area (TPSA) is 115 Å². The highest BCUT2D eigenvalue weighted by molar-refractivity contribution is 6.34. The summed E-state index contributed by atoms with van der Waals surface area (Å²) in [4.78, 5) is 27.3. The van der Waals surface area contributed by atoms with Crippen LogP contribution in [-0.2, 0) is 4.79 Å². The van der Waals surface area contributed by atoms with E-state index in [0.29, 0.717) is 5.69 Å². The highest BCUT2D eigenvalue weighted by Gasteiger charge is 2.16. The summed E-state index contributed by atoms with van der Waals surface area (Å²) >= 11 is 5.99. The van der Waals surface area contributed by atoms with Crippen molar-refractivity contribution in [3.05, 3.63) is 69.4 Å². The number of hydrogen-bond donors (Lipinski definition) is 2. The molecule has 0 aliphatic carbocycles. The molecule has 2 aromatic rings. The third-order valence-electron chi connectivity index (χ3n) is 4.89. The molecule has 10 heteroatoms. The highest BCUT2D eigenvalue weighted by atomic mass is 35.5. The number of halogens is 1. The zero-order valence-corrected chi connectivity index (χ0v) is 17.6. The van der Waals surface area contributed by atoms with E-state index in [0.717, 1.165) is 37.9 Å². The number of nitriles is 1. The molecule has 3 rings (SSSR count). The average Bonchev–Trinajstić information content (AvgIpc) is 2.76. The van der Waals surface area contributed by atoms with Crippen LogP contribution in [0.5, 0.6) is 0 Å². The lowest BCUT2D eigenvalue weighted by atomic mass is 10.2. The number of rotatable bonds is 6. The van der Waals surface area contributed by atoms with E-state index in [4.69, 9.17) is 11.6 Å². The Labute approximate surface area is 184 Å². The summed E-state index contributed by atoms with van der Waals surface area (Å²) in [6.07, 6.45) is 1.28. The van der Waals surface area contributed by atoms with Crippen molar-refractivity contribution in [2.75, 3.05) is 48.8 Å². The molecule has 1 aliphatic heterocycles. The third-order valence-corrected chi connectivity index (χ3v) is 5.22. The number of amides is 1. The molecule has 1 heterocycles. The van der Waals surface area contributed by atoms with E-state index in [1.807, 2.05) is 30.3 Å². The zero-order chi connectivity index (χ0) is 22.4. The molecule has 2 N–H and O–H groups in total. The second kappa shape index (κ2) is 9.93. The van der Waals surface area contributed by atoms with Crippen molar-refractivity contribution in [2.24, 2.45) is 0 Å². The Balaban J connectivity index is 1.65. The quantitative estimate of drug-likeness (QED) is 0.306. The summed E-state index contributed by atoms with van der Waals surface area (Å²) in [5.41, 5.74) is 1.46. The summed E-state index contributed by atoms with van der Waals surface area (Å²) in [5.74, 6) is -0.730. The molecule has 31 heavy (non-hydrogen) atoms. The van der Waals surface area contributed by atoms with Crippen LogP contribution in [0.25, 0.3) is 0 Å². The van der Waals surface area contributed by atoms with Gasteiger partial charge in [-0.2, -0.15) is 5.26 Å². The van der Waals surface area contributed by atoms with Gasteiger partial charge in [0.25, 0.3) is 11.6 Å². The number of nitrogens with zero attached hydrogens (tertiary/aromatic N) is 4. The molecule has 0 aromatic heterocycles. The van der Waals surface area contributed by atoms with Crippen molar-refractivity contribution in [2.45, 2.75) is 0 Å². The molecule has 0 atom stereocenters. The number of benzene rings is 2. The summed E-state index contributed by atoms with van der Waals surface area (Å²) in [6, 6.07) is 13.2. The normalized spacial score (nSPS) is 14.6. The molecule has 0 spiro atoms. The van der Waals surface area contributed by atoms with Gasteiger partial charge in [0.2, 0.25) is 0 Å². The Kier molecular flexibility index (Phi) is 7.07. The summed E-state index contributed by atoms with van der Waals surface area (Å²) in [5, 5.41) is 25.7. The van der Waals surface area contributed by atoms with E-state index in [2.05, 4.69) is 27.5 Å². The van der Waals surface area contributed by atoms with Gasteiger partial charge in [0.05, 0.1) is 15.6 Å². The van der Waals surface area contributed by atoms with Crippen molar-refractivity contribution in [3.63, 3.8) is 0 Å². The largest absolute Gasteiger partial charge is 0.369 e. The van der Waals surface area contributed by atoms with Crippen LogP contribution in [-0.4, -0.2) is 49.0 Å². The second-order valence-corrected chi connectivity index (χ2v) is 7.43. The van der Waals surface area contributed by atoms with Crippen molar-refractivity contribution < 1.29 is 9.72 Å². The first-order chi connectivity index (χ1) is 14.9. The Morgan fingerprint density at radius 1 is 1.19 bits per heavy atom. The fraction of sp³-hybridized carbons (Fsp3) is 0.238. The number of non-ortho nitro benzene ring substituents is 1. The van der Waals surface area contributed by atoms with Gasteiger partial charge in [-0.25, -0.2) is 0 Å². The molecule has 1 aliphatic rings. The van der Waals surface area contributed by atoms with Crippen LogP contribution < -0.4 is 15.5 Å². The molecule has 160 valence electrons. The zero-order valence-electron chi connectivity index (χ0n) is 16.8. The van der Waals surface area contributed by atoms with Gasteiger partial charge in [-0.05, 0) is 37.4 Å². The lowest BCUT2D eigenvalue weighted by Gasteiger charge is -2.34. The molecule has 0 radical (unpaired) electrons. The Bertz CT molecular complexity index is 1040. The van der Waals surface area contributed by atoms with Crippen molar-refractivity contribution in [1.82, 2.24) is 4.90 Å². The summed E-state index contributed by atoms with van der Waals surface area (Å²) in [6.45, 7) is 3.94. The number of piperazine rings is 1. The van der Waals surface area contributed by atoms with Gasteiger partial charge in [-0.15, -0.1) is 0 Å². The number of nitro groups is 1. The van der Waals surface area contributed by atoms with E-state index in [-0.39, 0.29) is 22.0 Å². The van der Waals surface area contributed by atoms with Crippen LogP contribution in [0.15, 0.2) is 54.2 Å². The first-order valence-corrected chi connectivity index (χ1v) is 9.91. The minimum Gasteiger partial charge on any atom is -0.369 e. The van der Waals surface area contributed by atoms with Crippen LogP contribution in [0.4, 0.5) is 22.7 Å². The SMILES string of the molecule is CN1CCN(c2ccc(N/C=C(/C#N)C(=O)Nc3cc([N+](=O)[O-])ccc3Cl)cc2)CC1. The predicted molar refractivity (Wildman–Crippen MR) is 120 cm³/mol. The first-order valence-electron chi connectivity index (χ1n) is 9.53. The minimum absolute atomic E-state index is 0.0542.